The molecule has 0 aromatic heterocycles. The van der Waals surface area contributed by atoms with Crippen molar-refractivity contribution < 1.29 is 4.39 Å². The van der Waals surface area contributed by atoms with Gasteiger partial charge in [-0.1, -0.05) is 6.92 Å². The standard InChI is InChI=1S/C9H11FN/c1-2-3-7-6-8(11)4-5-9(7)10/h2,4-6H,3,11H2,1H3. The molecule has 1 rings (SSSR count). The van der Waals surface area contributed by atoms with E-state index in [1.165, 1.54) is 6.07 Å². The number of hydrogen-bond donors (Lipinski definition) is 1. The van der Waals surface area contributed by atoms with Gasteiger partial charge in [-0.05, 0) is 36.6 Å². The molecule has 0 saturated carbocycles. The van der Waals surface area contributed by atoms with Gasteiger partial charge in [-0.2, -0.15) is 0 Å². The molecule has 59 valence electrons. The zero-order valence-electron chi connectivity index (χ0n) is 6.47. The molecular weight excluding hydrogens is 141 g/mol. The second-order valence-electron chi connectivity index (χ2n) is 2.46. The summed E-state index contributed by atoms with van der Waals surface area (Å²) in [4.78, 5) is 0. The van der Waals surface area contributed by atoms with Crippen LogP contribution in [-0.2, 0) is 6.42 Å². The van der Waals surface area contributed by atoms with Crippen LogP contribution in [0.3, 0.4) is 0 Å². The molecule has 0 spiro atoms. The zero-order valence-corrected chi connectivity index (χ0v) is 6.47. The smallest absolute Gasteiger partial charge is 0.126 e. The molecule has 0 bridgehead atoms. The van der Waals surface area contributed by atoms with Crippen LogP contribution in [0, 0.1) is 12.2 Å². The van der Waals surface area contributed by atoms with Gasteiger partial charge in [-0.25, -0.2) is 4.39 Å². The van der Waals surface area contributed by atoms with E-state index in [1.54, 1.807) is 12.1 Å². The van der Waals surface area contributed by atoms with Gasteiger partial charge in [0, 0.05) is 5.69 Å². The van der Waals surface area contributed by atoms with Crippen molar-refractivity contribution in [1.29, 1.82) is 0 Å². The maximum Gasteiger partial charge on any atom is 0.126 e. The summed E-state index contributed by atoms with van der Waals surface area (Å²) in [6.45, 7) is 1.89. The molecule has 0 amide bonds. The van der Waals surface area contributed by atoms with Gasteiger partial charge < -0.3 is 5.73 Å². The fourth-order valence-corrected chi connectivity index (χ4v) is 0.971. The minimum atomic E-state index is -0.183. The molecule has 1 aromatic rings. The number of nitrogens with two attached hydrogens (primary N) is 1. The SMILES string of the molecule is C[CH]Cc1cc(N)ccc1F. The number of halogens is 1. The first kappa shape index (κ1) is 8.05. The number of anilines is 1. The zero-order chi connectivity index (χ0) is 8.27. The maximum atomic E-state index is 12.9. The van der Waals surface area contributed by atoms with Crippen molar-refractivity contribution in [1.82, 2.24) is 0 Å². The second-order valence-corrected chi connectivity index (χ2v) is 2.46. The Morgan fingerprint density at radius 2 is 2.27 bits per heavy atom. The van der Waals surface area contributed by atoms with E-state index in [4.69, 9.17) is 5.73 Å². The van der Waals surface area contributed by atoms with E-state index < -0.39 is 0 Å². The Hall–Kier alpha value is -1.05. The molecule has 2 heteroatoms. The number of rotatable bonds is 2. The minimum absolute atomic E-state index is 0.183. The maximum absolute atomic E-state index is 12.9. The summed E-state index contributed by atoms with van der Waals surface area (Å²) in [7, 11) is 0. The molecule has 2 N–H and O–H groups in total. The van der Waals surface area contributed by atoms with E-state index in [9.17, 15) is 4.39 Å². The van der Waals surface area contributed by atoms with Crippen LogP contribution in [0.25, 0.3) is 0 Å². The highest BCUT2D eigenvalue weighted by molar-refractivity contribution is 5.41. The fourth-order valence-electron chi connectivity index (χ4n) is 0.971. The van der Waals surface area contributed by atoms with Gasteiger partial charge in [-0.15, -0.1) is 0 Å². The van der Waals surface area contributed by atoms with Crippen LogP contribution in [0.2, 0.25) is 0 Å². The van der Waals surface area contributed by atoms with Crippen LogP contribution in [0.5, 0.6) is 0 Å². The van der Waals surface area contributed by atoms with Crippen molar-refractivity contribution in [2.24, 2.45) is 0 Å². The molecule has 0 heterocycles. The summed E-state index contributed by atoms with van der Waals surface area (Å²) in [5.41, 5.74) is 6.75. The van der Waals surface area contributed by atoms with E-state index in [2.05, 4.69) is 0 Å². The second kappa shape index (κ2) is 3.37. The van der Waals surface area contributed by atoms with Crippen LogP contribution in [0.15, 0.2) is 18.2 Å². The van der Waals surface area contributed by atoms with Crippen LogP contribution < -0.4 is 5.73 Å². The molecule has 0 aliphatic carbocycles. The van der Waals surface area contributed by atoms with E-state index in [0.29, 0.717) is 17.7 Å². The van der Waals surface area contributed by atoms with E-state index >= 15 is 0 Å². The fraction of sp³-hybridized carbons (Fsp3) is 0.222. The summed E-state index contributed by atoms with van der Waals surface area (Å²) in [6.07, 6.45) is 2.54. The highest BCUT2D eigenvalue weighted by Gasteiger charge is 1.99. The van der Waals surface area contributed by atoms with E-state index in [-0.39, 0.29) is 5.82 Å². The first-order valence-electron chi connectivity index (χ1n) is 3.55. The Bertz CT molecular complexity index is 245. The van der Waals surface area contributed by atoms with Crippen molar-refractivity contribution in [2.75, 3.05) is 5.73 Å². The van der Waals surface area contributed by atoms with Crippen LogP contribution in [-0.4, -0.2) is 0 Å². The van der Waals surface area contributed by atoms with Crippen LogP contribution in [0.1, 0.15) is 12.5 Å². The highest BCUT2D eigenvalue weighted by atomic mass is 19.1. The lowest BCUT2D eigenvalue weighted by atomic mass is 10.1. The minimum Gasteiger partial charge on any atom is -0.399 e. The third-order valence-corrected chi connectivity index (χ3v) is 1.49. The third-order valence-electron chi connectivity index (χ3n) is 1.49. The quantitative estimate of drug-likeness (QED) is 0.646. The molecule has 1 aromatic carbocycles. The molecule has 0 atom stereocenters. The highest BCUT2D eigenvalue weighted by Crippen LogP contribution is 2.12. The first-order chi connectivity index (χ1) is 5.24. The van der Waals surface area contributed by atoms with Crippen molar-refractivity contribution in [3.8, 4) is 0 Å². The van der Waals surface area contributed by atoms with Crippen LogP contribution >= 0.6 is 0 Å². The lowest BCUT2D eigenvalue weighted by Gasteiger charge is -2.01. The Labute approximate surface area is 66.0 Å². The predicted octanol–water partition coefficient (Wildman–Crippen LogP) is 2.17. The van der Waals surface area contributed by atoms with Crippen LogP contribution in [0.4, 0.5) is 10.1 Å². The van der Waals surface area contributed by atoms with Gasteiger partial charge in [0.2, 0.25) is 0 Å². The lowest BCUT2D eigenvalue weighted by Crippen LogP contribution is -1.92. The van der Waals surface area contributed by atoms with E-state index in [1.807, 2.05) is 13.3 Å². The first-order valence-corrected chi connectivity index (χ1v) is 3.55. The molecule has 1 nitrogen and oxygen atoms in total. The van der Waals surface area contributed by atoms with Crippen molar-refractivity contribution in [3.63, 3.8) is 0 Å². The monoisotopic (exact) mass is 152 g/mol. The molecular formula is C9H11FN. The topological polar surface area (TPSA) is 26.0 Å². The Morgan fingerprint density at radius 3 is 2.91 bits per heavy atom. The summed E-state index contributed by atoms with van der Waals surface area (Å²) in [5, 5.41) is 0. The van der Waals surface area contributed by atoms with Crippen molar-refractivity contribution in [2.45, 2.75) is 13.3 Å². The Balaban J connectivity index is 2.93. The summed E-state index contributed by atoms with van der Waals surface area (Å²) in [6, 6.07) is 4.62. The number of nitrogen functional groups attached to an aromatic ring is 1. The third kappa shape index (κ3) is 1.93. The Kier molecular flexibility index (Phi) is 2.47. The average Bonchev–Trinajstić information content (AvgIpc) is 1.98. The van der Waals surface area contributed by atoms with Crippen molar-refractivity contribution in [3.05, 3.63) is 36.0 Å². The summed E-state index contributed by atoms with van der Waals surface area (Å²) < 4.78 is 12.9. The predicted molar refractivity (Wildman–Crippen MR) is 44.5 cm³/mol. The van der Waals surface area contributed by atoms with Gasteiger partial charge in [-0.3, -0.25) is 0 Å². The summed E-state index contributed by atoms with van der Waals surface area (Å²) >= 11 is 0. The van der Waals surface area contributed by atoms with Gasteiger partial charge in [0.05, 0.1) is 0 Å². The van der Waals surface area contributed by atoms with Gasteiger partial charge in [0.15, 0.2) is 0 Å². The molecule has 0 aliphatic heterocycles. The van der Waals surface area contributed by atoms with E-state index in [0.717, 1.165) is 0 Å². The van der Waals surface area contributed by atoms with Gasteiger partial charge >= 0.3 is 0 Å². The lowest BCUT2D eigenvalue weighted by molar-refractivity contribution is 0.613. The molecule has 0 aliphatic rings. The summed E-state index contributed by atoms with van der Waals surface area (Å²) in [5.74, 6) is -0.183. The molecule has 1 radical (unpaired) electrons. The van der Waals surface area contributed by atoms with Gasteiger partial charge in [0.25, 0.3) is 0 Å². The normalized spacial score (nSPS) is 10.0. The van der Waals surface area contributed by atoms with Gasteiger partial charge in [0.1, 0.15) is 5.82 Å². The molecule has 11 heavy (non-hydrogen) atoms. The van der Waals surface area contributed by atoms with Crippen molar-refractivity contribution >= 4 is 5.69 Å². The molecule has 0 saturated heterocycles. The molecule has 0 unspecified atom stereocenters. The number of benzene rings is 1. The average molecular weight is 152 g/mol. The molecule has 0 fully saturated rings. The largest absolute Gasteiger partial charge is 0.399 e. The number of hydrogen-bond acceptors (Lipinski definition) is 1. The Morgan fingerprint density at radius 1 is 1.55 bits per heavy atom.